The van der Waals surface area contributed by atoms with Crippen LogP contribution in [0.25, 0.3) is 0 Å². The van der Waals surface area contributed by atoms with Gasteiger partial charge in [-0.25, -0.2) is 4.98 Å². The molecule has 3 rings (SSSR count). The predicted molar refractivity (Wildman–Crippen MR) is 113 cm³/mol. The Bertz CT molecular complexity index is 834. The minimum Gasteiger partial charge on any atom is -0.354 e. The summed E-state index contributed by atoms with van der Waals surface area (Å²) in [6.07, 6.45) is 2.70. The maximum absolute atomic E-state index is 5.93. The summed E-state index contributed by atoms with van der Waals surface area (Å²) < 4.78 is 0. The summed E-state index contributed by atoms with van der Waals surface area (Å²) in [4.78, 5) is 11.4. The molecule has 0 bridgehead atoms. The number of rotatable bonds is 8. The molecule has 2 aromatic carbocycles. The first-order valence-corrected chi connectivity index (χ1v) is 9.61. The van der Waals surface area contributed by atoms with E-state index in [-0.39, 0.29) is 0 Å². The summed E-state index contributed by atoms with van der Waals surface area (Å²) >= 11 is 5.93. The number of anilines is 2. The largest absolute Gasteiger partial charge is 0.354 e. The topological polar surface area (TPSA) is 41.1 Å². The quantitative estimate of drug-likeness (QED) is 0.583. The summed E-state index contributed by atoms with van der Waals surface area (Å²) in [6, 6.07) is 20.7. The molecule has 0 saturated heterocycles. The van der Waals surface area contributed by atoms with Crippen LogP contribution in [0, 0.1) is 0 Å². The molecule has 0 radical (unpaired) electrons. The van der Waals surface area contributed by atoms with Gasteiger partial charge in [0.2, 0.25) is 5.95 Å². The number of halogens is 1. The zero-order valence-corrected chi connectivity index (χ0v) is 16.5. The van der Waals surface area contributed by atoms with Crippen LogP contribution in [-0.2, 0) is 13.0 Å². The molecule has 0 saturated carbocycles. The SMILES string of the molecule is CC(C)N(Cc1ccccc1)c1ccnc(NCCc2ccc(Cl)cc2)n1. The van der Waals surface area contributed by atoms with Gasteiger partial charge < -0.3 is 10.2 Å². The first-order valence-electron chi connectivity index (χ1n) is 9.24. The highest BCUT2D eigenvalue weighted by Crippen LogP contribution is 2.19. The van der Waals surface area contributed by atoms with Crippen LogP contribution in [0.5, 0.6) is 0 Å². The van der Waals surface area contributed by atoms with E-state index in [4.69, 9.17) is 16.6 Å². The van der Waals surface area contributed by atoms with Crippen LogP contribution in [-0.4, -0.2) is 22.6 Å². The molecule has 0 fully saturated rings. The molecule has 3 aromatic rings. The number of aromatic nitrogens is 2. The smallest absolute Gasteiger partial charge is 0.224 e. The maximum Gasteiger partial charge on any atom is 0.224 e. The molecule has 0 aliphatic carbocycles. The molecule has 4 nitrogen and oxygen atoms in total. The summed E-state index contributed by atoms with van der Waals surface area (Å²) in [7, 11) is 0. The standard InChI is InChI=1S/C22H25ClN4/c1-17(2)27(16-19-6-4-3-5-7-19)21-13-15-25-22(26-21)24-14-12-18-8-10-20(23)11-9-18/h3-11,13,15,17H,12,14,16H2,1-2H3,(H,24,25,26). The third-order valence-corrected chi connectivity index (χ3v) is 4.62. The van der Waals surface area contributed by atoms with Gasteiger partial charge in [0.25, 0.3) is 0 Å². The van der Waals surface area contributed by atoms with Crippen LogP contribution in [0.4, 0.5) is 11.8 Å². The molecule has 1 aromatic heterocycles. The van der Waals surface area contributed by atoms with Gasteiger partial charge in [0.05, 0.1) is 0 Å². The molecule has 1 heterocycles. The van der Waals surface area contributed by atoms with Crippen molar-refractivity contribution in [3.63, 3.8) is 0 Å². The average molecular weight is 381 g/mol. The Kier molecular flexibility index (Phi) is 6.66. The molecular formula is C22H25ClN4. The maximum atomic E-state index is 5.93. The number of hydrogen-bond donors (Lipinski definition) is 1. The van der Waals surface area contributed by atoms with E-state index in [0.29, 0.717) is 12.0 Å². The first kappa shape index (κ1) is 19.2. The normalized spacial score (nSPS) is 10.8. The lowest BCUT2D eigenvalue weighted by molar-refractivity contribution is 0.671. The summed E-state index contributed by atoms with van der Waals surface area (Å²) in [5.41, 5.74) is 2.50. The van der Waals surface area contributed by atoms with Crippen molar-refractivity contribution in [1.29, 1.82) is 0 Å². The van der Waals surface area contributed by atoms with Crippen molar-refractivity contribution >= 4 is 23.4 Å². The van der Waals surface area contributed by atoms with Gasteiger partial charge in [-0.3, -0.25) is 0 Å². The van der Waals surface area contributed by atoms with Crippen molar-refractivity contribution in [3.8, 4) is 0 Å². The van der Waals surface area contributed by atoms with Crippen LogP contribution < -0.4 is 10.2 Å². The van der Waals surface area contributed by atoms with Gasteiger partial charge in [-0.05, 0) is 49.6 Å². The van der Waals surface area contributed by atoms with Gasteiger partial charge in [0.1, 0.15) is 5.82 Å². The third-order valence-electron chi connectivity index (χ3n) is 4.36. The lowest BCUT2D eigenvalue weighted by Gasteiger charge is -2.28. The summed E-state index contributed by atoms with van der Waals surface area (Å²) in [5, 5.41) is 4.08. The number of hydrogen-bond acceptors (Lipinski definition) is 4. The Balaban J connectivity index is 1.64. The van der Waals surface area contributed by atoms with Crippen molar-refractivity contribution in [2.45, 2.75) is 32.9 Å². The van der Waals surface area contributed by atoms with Gasteiger partial charge in [0, 0.05) is 30.4 Å². The van der Waals surface area contributed by atoms with Gasteiger partial charge in [-0.1, -0.05) is 54.1 Å². The van der Waals surface area contributed by atoms with E-state index in [1.807, 2.05) is 42.6 Å². The van der Waals surface area contributed by atoms with Crippen LogP contribution >= 0.6 is 11.6 Å². The molecule has 1 N–H and O–H groups in total. The highest BCUT2D eigenvalue weighted by molar-refractivity contribution is 6.30. The lowest BCUT2D eigenvalue weighted by Crippen LogP contribution is -2.31. The van der Waals surface area contributed by atoms with Crippen molar-refractivity contribution in [1.82, 2.24) is 9.97 Å². The molecular weight excluding hydrogens is 356 g/mol. The Labute approximate surface area is 166 Å². The fraction of sp³-hybridized carbons (Fsp3) is 0.273. The number of benzene rings is 2. The molecule has 0 unspecified atom stereocenters. The third kappa shape index (κ3) is 5.69. The van der Waals surface area contributed by atoms with Crippen molar-refractivity contribution in [2.75, 3.05) is 16.8 Å². The van der Waals surface area contributed by atoms with Crippen LogP contribution in [0.2, 0.25) is 5.02 Å². The van der Waals surface area contributed by atoms with E-state index in [9.17, 15) is 0 Å². The first-order chi connectivity index (χ1) is 13.1. The fourth-order valence-corrected chi connectivity index (χ4v) is 3.00. The number of nitrogens with one attached hydrogen (secondary N) is 1. The van der Waals surface area contributed by atoms with Gasteiger partial charge in [-0.2, -0.15) is 4.98 Å². The Morgan fingerprint density at radius 3 is 2.41 bits per heavy atom. The van der Waals surface area contributed by atoms with Crippen molar-refractivity contribution < 1.29 is 0 Å². The van der Waals surface area contributed by atoms with Gasteiger partial charge in [0.15, 0.2) is 0 Å². The second-order valence-corrected chi connectivity index (χ2v) is 7.19. The number of nitrogens with zero attached hydrogens (tertiary/aromatic N) is 3. The van der Waals surface area contributed by atoms with Gasteiger partial charge >= 0.3 is 0 Å². The molecule has 27 heavy (non-hydrogen) atoms. The molecule has 140 valence electrons. The van der Waals surface area contributed by atoms with Crippen molar-refractivity contribution in [2.24, 2.45) is 0 Å². The molecule has 0 atom stereocenters. The zero-order valence-electron chi connectivity index (χ0n) is 15.8. The molecule has 0 aliphatic rings. The van der Waals surface area contributed by atoms with E-state index in [1.54, 1.807) is 0 Å². The van der Waals surface area contributed by atoms with E-state index in [2.05, 4.69) is 53.3 Å². The predicted octanol–water partition coefficient (Wildman–Crippen LogP) is 5.20. The van der Waals surface area contributed by atoms with Crippen LogP contribution in [0.15, 0.2) is 66.9 Å². The average Bonchev–Trinajstić information content (AvgIpc) is 2.68. The zero-order chi connectivity index (χ0) is 19.1. The molecule has 0 amide bonds. The lowest BCUT2D eigenvalue weighted by atomic mass is 10.1. The summed E-state index contributed by atoms with van der Waals surface area (Å²) in [6.45, 7) is 5.95. The molecule has 0 aliphatic heterocycles. The molecule has 5 heteroatoms. The Morgan fingerprint density at radius 2 is 1.70 bits per heavy atom. The van der Waals surface area contributed by atoms with Crippen molar-refractivity contribution in [3.05, 3.63) is 83.0 Å². The second kappa shape index (κ2) is 9.38. The Hall–Kier alpha value is -2.59. The highest BCUT2D eigenvalue weighted by atomic mass is 35.5. The van der Waals surface area contributed by atoms with E-state index < -0.39 is 0 Å². The van der Waals surface area contributed by atoms with Crippen LogP contribution in [0.3, 0.4) is 0 Å². The second-order valence-electron chi connectivity index (χ2n) is 6.75. The Morgan fingerprint density at radius 1 is 0.963 bits per heavy atom. The highest BCUT2D eigenvalue weighted by Gasteiger charge is 2.13. The van der Waals surface area contributed by atoms with E-state index >= 15 is 0 Å². The summed E-state index contributed by atoms with van der Waals surface area (Å²) in [5.74, 6) is 1.58. The van der Waals surface area contributed by atoms with Crippen LogP contribution in [0.1, 0.15) is 25.0 Å². The minimum absolute atomic E-state index is 0.335. The van der Waals surface area contributed by atoms with E-state index in [1.165, 1.54) is 11.1 Å². The molecule has 0 spiro atoms. The monoisotopic (exact) mass is 380 g/mol. The minimum atomic E-state index is 0.335. The van der Waals surface area contributed by atoms with Gasteiger partial charge in [-0.15, -0.1) is 0 Å². The fourth-order valence-electron chi connectivity index (χ4n) is 2.87. The van der Waals surface area contributed by atoms with E-state index in [0.717, 1.165) is 30.4 Å².